The number of nitrogens with zero attached hydrogens (tertiary/aromatic N) is 3. The van der Waals surface area contributed by atoms with E-state index < -0.39 is 5.91 Å². The third-order valence-corrected chi connectivity index (χ3v) is 2.13. The Labute approximate surface area is 83.3 Å². The first-order valence-corrected chi connectivity index (χ1v) is 4.72. The lowest BCUT2D eigenvalue weighted by molar-refractivity contribution is 0.0995. The second-order valence-electron chi connectivity index (χ2n) is 3.79. The van der Waals surface area contributed by atoms with E-state index in [-0.39, 0.29) is 5.69 Å². The Morgan fingerprint density at radius 2 is 2.21 bits per heavy atom. The van der Waals surface area contributed by atoms with Crippen molar-refractivity contribution in [3.8, 4) is 0 Å². The maximum Gasteiger partial charge on any atom is 0.271 e. The molecule has 0 saturated carbocycles. The van der Waals surface area contributed by atoms with Gasteiger partial charge in [0.15, 0.2) is 5.69 Å². The fraction of sp³-hybridized carbons (Fsp3) is 0.667. The maximum absolute atomic E-state index is 10.9. The van der Waals surface area contributed by atoms with E-state index in [4.69, 9.17) is 5.73 Å². The zero-order chi connectivity index (χ0) is 10.7. The fourth-order valence-electron chi connectivity index (χ4n) is 1.18. The molecule has 14 heavy (non-hydrogen) atoms. The number of hydrogen-bond donors (Lipinski definition) is 1. The Kier molecular flexibility index (Phi) is 3.22. The first-order valence-electron chi connectivity index (χ1n) is 4.72. The summed E-state index contributed by atoms with van der Waals surface area (Å²) >= 11 is 0. The summed E-state index contributed by atoms with van der Waals surface area (Å²) in [7, 11) is 0. The van der Waals surface area contributed by atoms with Crippen molar-refractivity contribution in [2.24, 2.45) is 11.7 Å². The number of aryl methyl sites for hydroxylation is 1. The van der Waals surface area contributed by atoms with E-state index in [1.807, 2.05) is 0 Å². The van der Waals surface area contributed by atoms with Crippen LogP contribution in [0, 0.1) is 12.8 Å². The number of nitrogens with two attached hydrogens (primary N) is 1. The third-order valence-electron chi connectivity index (χ3n) is 2.13. The summed E-state index contributed by atoms with van der Waals surface area (Å²) in [4.78, 5) is 10.9. The van der Waals surface area contributed by atoms with Gasteiger partial charge in [0.2, 0.25) is 0 Å². The fourth-order valence-corrected chi connectivity index (χ4v) is 1.18. The molecular formula is C9H16N4O. The minimum atomic E-state index is -0.515. The summed E-state index contributed by atoms with van der Waals surface area (Å²) in [6, 6.07) is 0. The molecule has 5 nitrogen and oxygen atoms in total. The highest BCUT2D eigenvalue weighted by Crippen LogP contribution is 2.06. The molecule has 0 atom stereocenters. The molecule has 5 heteroatoms. The van der Waals surface area contributed by atoms with Crippen LogP contribution in [0.2, 0.25) is 0 Å². The monoisotopic (exact) mass is 196 g/mol. The van der Waals surface area contributed by atoms with Crippen LogP contribution in [0.5, 0.6) is 0 Å². The molecule has 1 aromatic rings. The van der Waals surface area contributed by atoms with Gasteiger partial charge in [-0.1, -0.05) is 19.1 Å². The van der Waals surface area contributed by atoms with Gasteiger partial charge in [0.25, 0.3) is 5.91 Å². The average Bonchev–Trinajstić information content (AvgIpc) is 2.43. The number of carbonyl (C=O) groups is 1. The van der Waals surface area contributed by atoms with E-state index in [1.54, 1.807) is 11.6 Å². The highest BCUT2D eigenvalue weighted by Gasteiger charge is 2.12. The molecule has 1 rings (SSSR count). The van der Waals surface area contributed by atoms with Gasteiger partial charge in [-0.25, -0.2) is 4.68 Å². The summed E-state index contributed by atoms with van der Waals surface area (Å²) in [5.74, 6) is 0.0916. The average molecular weight is 196 g/mol. The molecule has 0 aromatic carbocycles. The van der Waals surface area contributed by atoms with Crippen LogP contribution < -0.4 is 5.73 Å². The molecule has 1 amide bonds. The Hall–Kier alpha value is -1.39. The summed E-state index contributed by atoms with van der Waals surface area (Å²) in [5, 5.41) is 7.61. The van der Waals surface area contributed by atoms with E-state index in [2.05, 4.69) is 24.2 Å². The van der Waals surface area contributed by atoms with Crippen LogP contribution in [0.1, 0.15) is 36.5 Å². The molecule has 1 heterocycles. The molecule has 1 aromatic heterocycles. The molecule has 0 bridgehead atoms. The van der Waals surface area contributed by atoms with E-state index in [0.717, 1.165) is 18.7 Å². The predicted octanol–water partition coefficient (Wildman–Crippen LogP) is 0.732. The van der Waals surface area contributed by atoms with Gasteiger partial charge in [-0.2, -0.15) is 0 Å². The molecule has 0 aliphatic heterocycles. The topological polar surface area (TPSA) is 73.8 Å². The van der Waals surface area contributed by atoms with E-state index in [1.165, 1.54) is 0 Å². The first-order chi connectivity index (χ1) is 6.52. The van der Waals surface area contributed by atoms with Crippen molar-refractivity contribution in [2.45, 2.75) is 33.7 Å². The quantitative estimate of drug-likeness (QED) is 0.771. The van der Waals surface area contributed by atoms with Crippen molar-refractivity contribution in [1.29, 1.82) is 0 Å². The Bertz CT molecular complexity index is 330. The number of aromatic nitrogens is 3. The van der Waals surface area contributed by atoms with Crippen LogP contribution in [0.15, 0.2) is 0 Å². The first kappa shape index (κ1) is 10.7. The smallest absolute Gasteiger partial charge is 0.271 e. The van der Waals surface area contributed by atoms with Crippen LogP contribution in [0.3, 0.4) is 0 Å². The number of rotatable bonds is 4. The summed E-state index contributed by atoms with van der Waals surface area (Å²) < 4.78 is 1.72. The van der Waals surface area contributed by atoms with Crippen LogP contribution in [-0.2, 0) is 6.54 Å². The van der Waals surface area contributed by atoms with Crippen molar-refractivity contribution in [2.75, 3.05) is 0 Å². The van der Waals surface area contributed by atoms with Gasteiger partial charge in [0.05, 0.1) is 5.69 Å². The molecule has 0 spiro atoms. The normalized spacial score (nSPS) is 10.9. The summed E-state index contributed by atoms with van der Waals surface area (Å²) in [6.07, 6.45) is 1.02. The predicted molar refractivity (Wildman–Crippen MR) is 52.7 cm³/mol. The van der Waals surface area contributed by atoms with Gasteiger partial charge < -0.3 is 5.73 Å². The van der Waals surface area contributed by atoms with Crippen molar-refractivity contribution < 1.29 is 4.79 Å². The van der Waals surface area contributed by atoms with Crippen LogP contribution in [0.4, 0.5) is 0 Å². The Balaban J connectivity index is 2.74. The zero-order valence-electron chi connectivity index (χ0n) is 8.82. The second kappa shape index (κ2) is 4.21. The van der Waals surface area contributed by atoms with E-state index in [9.17, 15) is 4.79 Å². The lowest BCUT2D eigenvalue weighted by Crippen LogP contribution is -2.13. The standard InChI is InChI=1S/C9H16N4O/c1-6(2)4-5-13-7(3)8(9(10)14)11-12-13/h6H,4-5H2,1-3H3,(H2,10,14). The molecule has 2 N–H and O–H groups in total. The summed E-state index contributed by atoms with van der Waals surface area (Å²) in [5.41, 5.74) is 6.15. The number of hydrogen-bond acceptors (Lipinski definition) is 3. The van der Waals surface area contributed by atoms with Crippen molar-refractivity contribution >= 4 is 5.91 Å². The molecular weight excluding hydrogens is 180 g/mol. The maximum atomic E-state index is 10.9. The number of primary amides is 1. The molecule has 78 valence electrons. The molecule has 0 aliphatic carbocycles. The molecule has 0 radical (unpaired) electrons. The van der Waals surface area contributed by atoms with Gasteiger partial charge in [-0.05, 0) is 19.3 Å². The number of carbonyl (C=O) groups excluding carboxylic acids is 1. The lowest BCUT2D eigenvalue weighted by Gasteiger charge is -2.05. The minimum absolute atomic E-state index is 0.272. The van der Waals surface area contributed by atoms with Gasteiger partial charge in [0, 0.05) is 6.54 Å². The molecule has 0 aliphatic rings. The van der Waals surface area contributed by atoms with Gasteiger partial charge >= 0.3 is 0 Å². The second-order valence-corrected chi connectivity index (χ2v) is 3.79. The van der Waals surface area contributed by atoms with Crippen LogP contribution in [0.25, 0.3) is 0 Å². The van der Waals surface area contributed by atoms with Gasteiger partial charge in [-0.15, -0.1) is 5.10 Å². The molecule has 0 fully saturated rings. The number of amides is 1. The van der Waals surface area contributed by atoms with Crippen molar-refractivity contribution in [3.63, 3.8) is 0 Å². The Morgan fingerprint density at radius 3 is 2.64 bits per heavy atom. The van der Waals surface area contributed by atoms with Gasteiger partial charge in [-0.3, -0.25) is 4.79 Å². The third kappa shape index (κ3) is 2.31. The van der Waals surface area contributed by atoms with Crippen molar-refractivity contribution in [1.82, 2.24) is 15.0 Å². The minimum Gasteiger partial charge on any atom is -0.364 e. The van der Waals surface area contributed by atoms with Crippen LogP contribution in [-0.4, -0.2) is 20.9 Å². The highest BCUT2D eigenvalue weighted by molar-refractivity contribution is 5.91. The SMILES string of the molecule is Cc1c(C(N)=O)nnn1CCC(C)C. The lowest BCUT2D eigenvalue weighted by atomic mass is 10.1. The van der Waals surface area contributed by atoms with Crippen molar-refractivity contribution in [3.05, 3.63) is 11.4 Å². The molecule has 0 unspecified atom stereocenters. The largest absolute Gasteiger partial charge is 0.364 e. The Morgan fingerprint density at radius 1 is 1.57 bits per heavy atom. The van der Waals surface area contributed by atoms with Gasteiger partial charge in [0.1, 0.15) is 0 Å². The summed E-state index contributed by atoms with van der Waals surface area (Å²) in [6.45, 7) is 6.87. The molecule has 0 saturated heterocycles. The van der Waals surface area contributed by atoms with E-state index in [0.29, 0.717) is 5.92 Å². The van der Waals surface area contributed by atoms with Crippen LogP contribution >= 0.6 is 0 Å². The zero-order valence-corrected chi connectivity index (χ0v) is 8.82. The highest BCUT2D eigenvalue weighted by atomic mass is 16.1. The van der Waals surface area contributed by atoms with E-state index >= 15 is 0 Å².